The molecule has 1 aliphatic heterocycles. The van der Waals surface area contributed by atoms with E-state index in [0.717, 1.165) is 17.0 Å². The van der Waals surface area contributed by atoms with E-state index in [0.29, 0.717) is 25.9 Å². The normalized spacial score (nSPS) is 22.7. The second kappa shape index (κ2) is 7.21. The molecule has 0 radical (unpaired) electrons. The van der Waals surface area contributed by atoms with E-state index < -0.39 is 17.8 Å². The molecule has 1 aromatic rings. The number of carbonyl (C=O) groups excluding carboxylic acids is 2. The van der Waals surface area contributed by atoms with E-state index in [1.807, 2.05) is 0 Å². The first-order valence-corrected chi connectivity index (χ1v) is 7.80. The van der Waals surface area contributed by atoms with Gasteiger partial charge in [-0.25, -0.2) is 0 Å². The molecule has 1 saturated heterocycles. The zero-order valence-corrected chi connectivity index (χ0v) is 13.3. The molecule has 0 aromatic heterocycles. The molecule has 132 valence electrons. The van der Waals surface area contributed by atoms with Crippen molar-refractivity contribution in [1.82, 2.24) is 0 Å². The number of likely N-dealkylation sites (tertiary alicyclic amines) is 1. The molecule has 0 bridgehead atoms. The predicted molar refractivity (Wildman–Crippen MR) is 82.2 cm³/mol. The summed E-state index contributed by atoms with van der Waals surface area (Å²) in [5.41, 5.74) is 4.60. The number of primary amides is 1. The highest BCUT2D eigenvalue weighted by molar-refractivity contribution is 5.93. The quantitative estimate of drug-likeness (QED) is 0.756. The average Bonchev–Trinajstić information content (AvgIpc) is 2.53. The summed E-state index contributed by atoms with van der Waals surface area (Å²) in [5, 5.41) is 2.53. The minimum Gasteiger partial charge on any atom is -0.369 e. The third-order valence-corrected chi connectivity index (χ3v) is 4.49. The highest BCUT2D eigenvalue weighted by Gasteiger charge is 2.33. The monoisotopic (exact) mass is 344 g/mol. The summed E-state index contributed by atoms with van der Waals surface area (Å²) in [5.74, 6) is -0.829. The van der Waals surface area contributed by atoms with Gasteiger partial charge in [0.15, 0.2) is 6.04 Å². The maximum absolute atomic E-state index is 12.7. The van der Waals surface area contributed by atoms with E-state index >= 15 is 0 Å². The largest absolute Gasteiger partial charge is 0.416 e. The molecule has 2 amide bonds. The fourth-order valence-corrected chi connectivity index (χ4v) is 2.92. The third-order valence-electron chi connectivity index (χ3n) is 4.49. The van der Waals surface area contributed by atoms with E-state index in [1.54, 1.807) is 6.92 Å². The van der Waals surface area contributed by atoms with Crippen LogP contribution in [0.4, 0.5) is 18.9 Å². The number of hydrogen-bond acceptors (Lipinski definition) is 2. The number of alkyl halides is 3. The lowest BCUT2D eigenvalue weighted by Crippen LogP contribution is -3.17. The summed E-state index contributed by atoms with van der Waals surface area (Å²) < 4.78 is 38.1. The van der Waals surface area contributed by atoms with Gasteiger partial charge in [0.05, 0.1) is 18.7 Å². The zero-order valence-electron chi connectivity index (χ0n) is 13.3. The van der Waals surface area contributed by atoms with Gasteiger partial charge in [0.1, 0.15) is 0 Å². The Morgan fingerprint density at radius 2 is 1.92 bits per heavy atom. The van der Waals surface area contributed by atoms with Crippen LogP contribution in [0.2, 0.25) is 0 Å². The van der Waals surface area contributed by atoms with E-state index in [2.05, 4.69) is 5.32 Å². The maximum atomic E-state index is 12.7. The maximum Gasteiger partial charge on any atom is 0.416 e. The summed E-state index contributed by atoms with van der Waals surface area (Å²) in [6, 6.07) is 4.13. The lowest BCUT2D eigenvalue weighted by molar-refractivity contribution is -0.919. The van der Waals surface area contributed by atoms with Crippen LogP contribution in [-0.4, -0.2) is 30.9 Å². The van der Waals surface area contributed by atoms with Crippen LogP contribution in [0.25, 0.3) is 0 Å². The molecule has 0 unspecified atom stereocenters. The second-order valence-electron chi connectivity index (χ2n) is 6.12. The van der Waals surface area contributed by atoms with E-state index in [4.69, 9.17) is 5.73 Å². The summed E-state index contributed by atoms with van der Waals surface area (Å²) >= 11 is 0. The van der Waals surface area contributed by atoms with Crippen LogP contribution in [0, 0.1) is 5.92 Å². The van der Waals surface area contributed by atoms with Gasteiger partial charge in [-0.15, -0.1) is 0 Å². The van der Waals surface area contributed by atoms with Crippen molar-refractivity contribution >= 4 is 17.5 Å². The van der Waals surface area contributed by atoms with Crippen LogP contribution in [0.3, 0.4) is 0 Å². The number of amides is 2. The Morgan fingerprint density at radius 3 is 2.46 bits per heavy atom. The van der Waals surface area contributed by atoms with Gasteiger partial charge < -0.3 is 16.0 Å². The molecular formula is C16H21F3N3O2+. The minimum atomic E-state index is -4.45. The fourth-order valence-electron chi connectivity index (χ4n) is 2.92. The van der Waals surface area contributed by atoms with Gasteiger partial charge in [0, 0.05) is 24.4 Å². The van der Waals surface area contributed by atoms with Gasteiger partial charge >= 0.3 is 6.18 Å². The molecule has 1 aliphatic rings. The smallest absolute Gasteiger partial charge is 0.369 e. The van der Waals surface area contributed by atoms with E-state index in [1.165, 1.54) is 12.1 Å². The second-order valence-corrected chi connectivity index (χ2v) is 6.12. The predicted octanol–water partition coefficient (Wildman–Crippen LogP) is 0.813. The van der Waals surface area contributed by atoms with Crippen molar-refractivity contribution in [1.29, 1.82) is 0 Å². The zero-order chi connectivity index (χ0) is 17.9. The van der Waals surface area contributed by atoms with E-state index in [9.17, 15) is 22.8 Å². The van der Waals surface area contributed by atoms with Crippen molar-refractivity contribution in [2.24, 2.45) is 11.7 Å². The molecule has 1 heterocycles. The summed E-state index contributed by atoms with van der Waals surface area (Å²) in [6.45, 7) is 2.98. The van der Waals surface area contributed by atoms with Crippen molar-refractivity contribution < 1.29 is 27.7 Å². The molecular weight excluding hydrogens is 323 g/mol. The van der Waals surface area contributed by atoms with E-state index in [-0.39, 0.29) is 23.4 Å². The number of nitrogens with one attached hydrogen (secondary N) is 2. The Bertz CT molecular complexity index is 611. The SMILES string of the molecule is C[C@H](C(=O)Nc1cccc(C(F)(F)F)c1)[NH+]1CCC(C(N)=O)CC1. The number of piperidine rings is 1. The van der Waals surface area contributed by atoms with Gasteiger partial charge in [-0.2, -0.15) is 13.2 Å². The molecule has 0 spiro atoms. The van der Waals surface area contributed by atoms with Crippen LogP contribution >= 0.6 is 0 Å². The molecule has 8 heteroatoms. The highest BCUT2D eigenvalue weighted by atomic mass is 19.4. The fraction of sp³-hybridized carbons (Fsp3) is 0.500. The Balaban J connectivity index is 1.96. The molecule has 0 aliphatic carbocycles. The van der Waals surface area contributed by atoms with Crippen molar-refractivity contribution in [3.05, 3.63) is 29.8 Å². The Hall–Kier alpha value is -2.09. The van der Waals surface area contributed by atoms with Crippen LogP contribution < -0.4 is 16.0 Å². The molecule has 5 nitrogen and oxygen atoms in total. The van der Waals surface area contributed by atoms with Crippen molar-refractivity contribution in [2.45, 2.75) is 32.0 Å². The summed E-state index contributed by atoms with van der Waals surface area (Å²) in [7, 11) is 0. The number of quaternary nitrogens is 1. The van der Waals surface area contributed by atoms with Crippen molar-refractivity contribution in [3.8, 4) is 0 Å². The van der Waals surface area contributed by atoms with Crippen LogP contribution in [0.5, 0.6) is 0 Å². The Labute approximate surface area is 138 Å². The summed E-state index contributed by atoms with van der Waals surface area (Å²) in [6.07, 6.45) is -3.22. The first kappa shape index (κ1) is 18.3. The minimum absolute atomic E-state index is 0.119. The first-order valence-electron chi connectivity index (χ1n) is 7.80. The Kier molecular flexibility index (Phi) is 5.48. The van der Waals surface area contributed by atoms with Gasteiger partial charge in [-0.3, -0.25) is 9.59 Å². The lowest BCUT2D eigenvalue weighted by atomic mass is 9.95. The molecule has 0 saturated carbocycles. The number of anilines is 1. The topological polar surface area (TPSA) is 76.6 Å². The molecule has 1 atom stereocenters. The van der Waals surface area contributed by atoms with Gasteiger partial charge in [0.25, 0.3) is 5.91 Å². The van der Waals surface area contributed by atoms with Gasteiger partial charge in [-0.05, 0) is 25.1 Å². The molecule has 2 rings (SSSR count). The van der Waals surface area contributed by atoms with Crippen LogP contribution in [-0.2, 0) is 15.8 Å². The third kappa shape index (κ3) is 4.47. The number of carbonyl (C=O) groups is 2. The van der Waals surface area contributed by atoms with Gasteiger partial charge in [0.2, 0.25) is 5.91 Å². The van der Waals surface area contributed by atoms with Gasteiger partial charge in [-0.1, -0.05) is 6.07 Å². The average molecular weight is 344 g/mol. The van der Waals surface area contributed by atoms with Crippen molar-refractivity contribution in [2.75, 3.05) is 18.4 Å². The van der Waals surface area contributed by atoms with Crippen LogP contribution in [0.15, 0.2) is 24.3 Å². The first-order chi connectivity index (χ1) is 11.2. The van der Waals surface area contributed by atoms with Crippen molar-refractivity contribution in [3.63, 3.8) is 0 Å². The lowest BCUT2D eigenvalue weighted by Gasteiger charge is -2.31. The highest BCUT2D eigenvalue weighted by Crippen LogP contribution is 2.30. The number of hydrogen-bond donors (Lipinski definition) is 3. The van der Waals surface area contributed by atoms with Crippen LogP contribution in [0.1, 0.15) is 25.3 Å². The Morgan fingerprint density at radius 1 is 1.29 bits per heavy atom. The number of nitrogens with two attached hydrogens (primary N) is 1. The number of benzene rings is 1. The number of rotatable bonds is 4. The standard InChI is InChI=1S/C16H20F3N3O2/c1-10(22-7-5-11(6-8-22)14(20)23)15(24)21-13-4-2-3-12(9-13)16(17,18)19/h2-4,9-11H,5-8H2,1H3,(H2,20,23)(H,21,24)/p+1/t10-/m1/s1. The molecule has 24 heavy (non-hydrogen) atoms. The number of halogens is 3. The molecule has 1 fully saturated rings. The summed E-state index contributed by atoms with van der Waals surface area (Å²) in [4.78, 5) is 24.4. The molecule has 1 aromatic carbocycles. The molecule has 4 N–H and O–H groups in total.